The van der Waals surface area contributed by atoms with Crippen LogP contribution >= 0.6 is 31.9 Å². The van der Waals surface area contributed by atoms with Gasteiger partial charge in [-0.15, -0.1) is 0 Å². The topological polar surface area (TPSA) is 26.3 Å². The molecular weight excluding hydrogens is 403 g/mol. The summed E-state index contributed by atoms with van der Waals surface area (Å²) in [5, 5.41) is 0. The highest BCUT2D eigenvalue weighted by atomic mass is 79.9. The Balaban J connectivity index is 1.77. The van der Waals surface area contributed by atoms with E-state index in [1.807, 2.05) is 12.1 Å². The number of hydrogen-bond donors (Lipinski definition) is 0. The van der Waals surface area contributed by atoms with E-state index in [0.717, 1.165) is 4.47 Å². The van der Waals surface area contributed by atoms with Crippen LogP contribution in [0.5, 0.6) is 5.75 Å². The SMILES string of the molecule is O=C(CCCOc1ccc(F)c(Br)c1)c1ccc(Br)cc1. The van der Waals surface area contributed by atoms with Gasteiger partial charge < -0.3 is 4.74 Å². The van der Waals surface area contributed by atoms with Gasteiger partial charge in [0, 0.05) is 16.5 Å². The van der Waals surface area contributed by atoms with Gasteiger partial charge in [0.05, 0.1) is 11.1 Å². The first kappa shape index (κ1) is 16.2. The molecule has 0 saturated heterocycles. The Hall–Kier alpha value is -1.20. The Morgan fingerprint density at radius 1 is 1.10 bits per heavy atom. The fourth-order valence-electron chi connectivity index (χ4n) is 1.77. The maximum atomic E-state index is 13.1. The van der Waals surface area contributed by atoms with Gasteiger partial charge in [-0.05, 0) is 52.7 Å². The summed E-state index contributed by atoms with van der Waals surface area (Å²) in [7, 11) is 0. The molecule has 0 N–H and O–H groups in total. The highest BCUT2D eigenvalue weighted by molar-refractivity contribution is 9.10. The maximum Gasteiger partial charge on any atom is 0.163 e. The summed E-state index contributed by atoms with van der Waals surface area (Å²) in [5.74, 6) is 0.346. The average molecular weight is 416 g/mol. The van der Waals surface area contributed by atoms with Crippen molar-refractivity contribution < 1.29 is 13.9 Å². The van der Waals surface area contributed by atoms with Crippen LogP contribution in [-0.4, -0.2) is 12.4 Å². The van der Waals surface area contributed by atoms with Gasteiger partial charge in [0.2, 0.25) is 0 Å². The molecule has 2 aromatic rings. The van der Waals surface area contributed by atoms with Crippen LogP contribution in [0.3, 0.4) is 0 Å². The minimum absolute atomic E-state index is 0.0892. The number of ketones is 1. The summed E-state index contributed by atoms with van der Waals surface area (Å²) in [6.07, 6.45) is 1.04. The number of rotatable bonds is 6. The highest BCUT2D eigenvalue weighted by Gasteiger charge is 2.06. The van der Waals surface area contributed by atoms with E-state index >= 15 is 0 Å². The van der Waals surface area contributed by atoms with E-state index < -0.39 is 0 Å². The molecule has 0 spiro atoms. The highest BCUT2D eigenvalue weighted by Crippen LogP contribution is 2.22. The van der Waals surface area contributed by atoms with E-state index in [0.29, 0.717) is 35.2 Å². The van der Waals surface area contributed by atoms with E-state index in [2.05, 4.69) is 31.9 Å². The monoisotopic (exact) mass is 414 g/mol. The molecule has 0 aliphatic carbocycles. The predicted octanol–water partition coefficient (Wildman–Crippen LogP) is 5.39. The lowest BCUT2D eigenvalue weighted by Crippen LogP contribution is -2.04. The number of hydrogen-bond acceptors (Lipinski definition) is 2. The lowest BCUT2D eigenvalue weighted by molar-refractivity contribution is 0.0973. The predicted molar refractivity (Wildman–Crippen MR) is 87.3 cm³/mol. The minimum Gasteiger partial charge on any atom is -0.494 e. The summed E-state index contributed by atoms with van der Waals surface area (Å²) in [5.41, 5.74) is 0.697. The fourth-order valence-corrected chi connectivity index (χ4v) is 2.39. The smallest absolute Gasteiger partial charge is 0.163 e. The lowest BCUT2D eigenvalue weighted by atomic mass is 10.1. The standard InChI is InChI=1S/C16H13Br2FO2/c17-12-5-3-11(4-6-12)16(20)2-1-9-21-13-7-8-15(19)14(18)10-13/h3-8,10H,1-2,9H2. The minimum atomic E-state index is -0.326. The number of benzene rings is 2. The number of ether oxygens (including phenoxy) is 1. The van der Waals surface area contributed by atoms with E-state index in [4.69, 9.17) is 4.74 Å². The maximum absolute atomic E-state index is 13.1. The molecule has 0 atom stereocenters. The van der Waals surface area contributed by atoms with Crippen LogP contribution in [-0.2, 0) is 0 Å². The molecule has 110 valence electrons. The Kier molecular flexibility index (Phi) is 5.94. The van der Waals surface area contributed by atoms with Crippen LogP contribution in [0.4, 0.5) is 4.39 Å². The second kappa shape index (κ2) is 7.71. The van der Waals surface area contributed by atoms with Crippen molar-refractivity contribution in [2.24, 2.45) is 0 Å². The van der Waals surface area contributed by atoms with Crippen molar-refractivity contribution in [3.05, 3.63) is 62.8 Å². The normalized spacial score (nSPS) is 10.4. The first-order chi connectivity index (χ1) is 10.1. The quantitative estimate of drug-likeness (QED) is 0.466. The van der Waals surface area contributed by atoms with Crippen LogP contribution in [0.25, 0.3) is 0 Å². The first-order valence-corrected chi connectivity index (χ1v) is 8.01. The third kappa shape index (κ3) is 4.93. The van der Waals surface area contributed by atoms with E-state index in [-0.39, 0.29) is 11.6 Å². The first-order valence-electron chi connectivity index (χ1n) is 6.43. The molecule has 0 aliphatic heterocycles. The van der Waals surface area contributed by atoms with Crippen LogP contribution in [0, 0.1) is 5.82 Å². The molecule has 0 unspecified atom stereocenters. The van der Waals surface area contributed by atoms with Crippen LogP contribution in [0.1, 0.15) is 23.2 Å². The second-order valence-electron chi connectivity index (χ2n) is 4.46. The number of halogens is 3. The second-order valence-corrected chi connectivity index (χ2v) is 6.23. The fraction of sp³-hybridized carbons (Fsp3) is 0.188. The summed E-state index contributed by atoms with van der Waals surface area (Å²) in [6.45, 7) is 0.417. The molecule has 0 fully saturated rings. The van der Waals surface area contributed by atoms with Gasteiger partial charge in [-0.1, -0.05) is 28.1 Å². The van der Waals surface area contributed by atoms with E-state index in [1.54, 1.807) is 24.3 Å². The number of carbonyl (C=O) groups excluding carboxylic acids is 1. The Bertz CT molecular complexity index is 627. The van der Waals surface area contributed by atoms with Gasteiger partial charge in [-0.3, -0.25) is 4.79 Å². The largest absolute Gasteiger partial charge is 0.494 e. The van der Waals surface area contributed by atoms with Crippen molar-refractivity contribution in [3.8, 4) is 5.75 Å². The van der Waals surface area contributed by atoms with Crippen molar-refractivity contribution in [2.45, 2.75) is 12.8 Å². The Labute approximate surface area is 139 Å². The number of carbonyl (C=O) groups is 1. The van der Waals surface area contributed by atoms with E-state index in [9.17, 15) is 9.18 Å². The van der Waals surface area contributed by atoms with Crippen molar-refractivity contribution in [1.29, 1.82) is 0 Å². The summed E-state index contributed by atoms with van der Waals surface area (Å²) in [4.78, 5) is 11.9. The number of Topliss-reactive ketones (excluding diaryl/α,β-unsaturated/α-hetero) is 1. The molecule has 21 heavy (non-hydrogen) atoms. The van der Waals surface area contributed by atoms with Crippen molar-refractivity contribution in [1.82, 2.24) is 0 Å². The molecule has 0 aliphatic rings. The molecule has 2 nitrogen and oxygen atoms in total. The van der Waals surface area contributed by atoms with Crippen LogP contribution in [0.2, 0.25) is 0 Å². The van der Waals surface area contributed by atoms with Crippen molar-refractivity contribution in [3.63, 3.8) is 0 Å². The van der Waals surface area contributed by atoms with E-state index in [1.165, 1.54) is 6.07 Å². The third-order valence-electron chi connectivity index (χ3n) is 2.87. The molecular formula is C16H13Br2FO2. The van der Waals surface area contributed by atoms with Crippen molar-refractivity contribution >= 4 is 37.6 Å². The summed E-state index contributed by atoms with van der Waals surface area (Å²) >= 11 is 6.44. The van der Waals surface area contributed by atoms with Gasteiger partial charge in [0.15, 0.2) is 5.78 Å². The third-order valence-corrected chi connectivity index (χ3v) is 4.01. The molecule has 2 rings (SSSR count). The molecule has 0 amide bonds. The van der Waals surface area contributed by atoms with Gasteiger partial charge in [0.1, 0.15) is 11.6 Å². The summed E-state index contributed by atoms with van der Waals surface area (Å²) in [6, 6.07) is 11.8. The molecule has 0 aromatic heterocycles. The van der Waals surface area contributed by atoms with Gasteiger partial charge in [0.25, 0.3) is 0 Å². The molecule has 0 bridgehead atoms. The van der Waals surface area contributed by atoms with Crippen LogP contribution < -0.4 is 4.74 Å². The average Bonchev–Trinajstić information content (AvgIpc) is 2.47. The summed E-state index contributed by atoms with van der Waals surface area (Å²) < 4.78 is 19.9. The Morgan fingerprint density at radius 2 is 1.81 bits per heavy atom. The molecule has 0 heterocycles. The molecule has 0 saturated carbocycles. The zero-order valence-electron chi connectivity index (χ0n) is 11.1. The zero-order chi connectivity index (χ0) is 15.2. The zero-order valence-corrected chi connectivity index (χ0v) is 14.3. The van der Waals surface area contributed by atoms with Gasteiger partial charge in [-0.25, -0.2) is 4.39 Å². The molecule has 0 radical (unpaired) electrons. The van der Waals surface area contributed by atoms with Gasteiger partial charge in [-0.2, -0.15) is 0 Å². The van der Waals surface area contributed by atoms with Crippen molar-refractivity contribution in [2.75, 3.05) is 6.61 Å². The van der Waals surface area contributed by atoms with Crippen LogP contribution in [0.15, 0.2) is 51.4 Å². The lowest BCUT2D eigenvalue weighted by Gasteiger charge is -2.06. The molecule has 5 heteroatoms. The Morgan fingerprint density at radius 3 is 2.48 bits per heavy atom. The van der Waals surface area contributed by atoms with Gasteiger partial charge >= 0.3 is 0 Å². The molecule has 2 aromatic carbocycles.